The van der Waals surface area contributed by atoms with Crippen LogP contribution in [0.15, 0.2) is 47.0 Å². The van der Waals surface area contributed by atoms with Gasteiger partial charge in [-0.1, -0.05) is 35.5 Å². The number of nitrogens with zero attached hydrogens (tertiary/aromatic N) is 2. The number of benzene rings is 2. The first-order valence-electron chi connectivity index (χ1n) is 8.75. The Labute approximate surface area is 157 Å². The second-order valence-corrected chi connectivity index (χ2v) is 6.66. The standard InChI is InChI=1S/C21H21N3O3/c1-12-17(13(2)27-23-12)15-10-11-16-18(20(15)26-4)19(24(3)21(25)22-16)14-8-6-5-7-9-14/h5-11,19H,1-4H3,(H,22,25). The highest BCUT2D eigenvalue weighted by molar-refractivity contribution is 5.96. The predicted molar refractivity (Wildman–Crippen MR) is 103 cm³/mol. The molecule has 0 saturated carbocycles. The molecule has 2 amide bonds. The van der Waals surface area contributed by atoms with Crippen molar-refractivity contribution in [2.24, 2.45) is 0 Å². The normalized spacial score (nSPS) is 16.1. The highest BCUT2D eigenvalue weighted by atomic mass is 16.5. The Bertz CT molecular complexity index is 992. The Balaban J connectivity index is 2.00. The van der Waals surface area contributed by atoms with Gasteiger partial charge in [0, 0.05) is 18.2 Å². The second-order valence-electron chi connectivity index (χ2n) is 6.66. The van der Waals surface area contributed by atoms with Crippen LogP contribution in [0.2, 0.25) is 0 Å². The summed E-state index contributed by atoms with van der Waals surface area (Å²) in [4.78, 5) is 14.2. The van der Waals surface area contributed by atoms with Crippen molar-refractivity contribution in [2.75, 3.05) is 19.5 Å². The van der Waals surface area contributed by atoms with E-state index in [2.05, 4.69) is 10.5 Å². The molecule has 1 N–H and O–H groups in total. The minimum atomic E-state index is -0.259. The van der Waals surface area contributed by atoms with E-state index < -0.39 is 0 Å². The molecule has 2 heterocycles. The molecule has 0 aliphatic carbocycles. The van der Waals surface area contributed by atoms with Crippen molar-refractivity contribution in [3.05, 3.63) is 65.0 Å². The summed E-state index contributed by atoms with van der Waals surface area (Å²) in [6.45, 7) is 3.80. The molecule has 138 valence electrons. The molecule has 0 spiro atoms. The quantitative estimate of drug-likeness (QED) is 0.742. The number of amides is 2. The van der Waals surface area contributed by atoms with Crippen molar-refractivity contribution in [3.63, 3.8) is 0 Å². The fourth-order valence-electron chi connectivity index (χ4n) is 3.80. The van der Waals surface area contributed by atoms with E-state index in [9.17, 15) is 4.79 Å². The van der Waals surface area contributed by atoms with E-state index in [1.54, 1.807) is 19.1 Å². The summed E-state index contributed by atoms with van der Waals surface area (Å²) < 4.78 is 11.2. The first-order valence-corrected chi connectivity index (χ1v) is 8.75. The Morgan fingerprint density at radius 3 is 2.52 bits per heavy atom. The summed E-state index contributed by atoms with van der Waals surface area (Å²) in [5, 5.41) is 7.03. The molecule has 4 rings (SSSR count). The maximum atomic E-state index is 12.5. The second kappa shape index (κ2) is 6.46. The Kier molecular flexibility index (Phi) is 4.11. The molecule has 1 aromatic heterocycles. The summed E-state index contributed by atoms with van der Waals surface area (Å²) in [5.41, 5.74) is 5.31. The number of nitrogens with one attached hydrogen (secondary N) is 1. The largest absolute Gasteiger partial charge is 0.496 e. The lowest BCUT2D eigenvalue weighted by Crippen LogP contribution is -2.40. The number of urea groups is 1. The molecule has 1 aliphatic rings. The van der Waals surface area contributed by atoms with Crippen LogP contribution in [0.3, 0.4) is 0 Å². The zero-order valence-electron chi connectivity index (χ0n) is 15.7. The van der Waals surface area contributed by atoms with Crippen LogP contribution in [-0.4, -0.2) is 30.2 Å². The molecule has 6 nitrogen and oxygen atoms in total. The van der Waals surface area contributed by atoms with Crippen molar-refractivity contribution >= 4 is 11.7 Å². The molecular weight excluding hydrogens is 342 g/mol. The van der Waals surface area contributed by atoms with Gasteiger partial charge in [-0.25, -0.2) is 4.79 Å². The van der Waals surface area contributed by atoms with Gasteiger partial charge < -0.3 is 19.5 Å². The SMILES string of the molecule is COc1c(-c2c(C)noc2C)ccc2c1C(c1ccccc1)N(C)C(=O)N2. The summed E-state index contributed by atoms with van der Waals surface area (Å²) in [7, 11) is 3.44. The summed E-state index contributed by atoms with van der Waals surface area (Å²) in [6.07, 6.45) is 0. The van der Waals surface area contributed by atoms with E-state index in [1.165, 1.54) is 0 Å². The average molecular weight is 363 g/mol. The molecule has 6 heteroatoms. The number of carbonyl (C=O) groups excluding carboxylic acids is 1. The van der Waals surface area contributed by atoms with Crippen LogP contribution in [0.1, 0.15) is 28.6 Å². The molecular formula is C21H21N3O3. The van der Waals surface area contributed by atoms with Crippen LogP contribution in [0.5, 0.6) is 5.75 Å². The van der Waals surface area contributed by atoms with Crippen LogP contribution in [-0.2, 0) is 0 Å². The number of aromatic nitrogens is 1. The van der Waals surface area contributed by atoms with E-state index in [0.717, 1.165) is 39.4 Å². The number of carbonyl (C=O) groups is 1. The Morgan fingerprint density at radius 1 is 1.15 bits per heavy atom. The molecule has 0 fully saturated rings. The molecule has 0 radical (unpaired) electrons. The minimum Gasteiger partial charge on any atom is -0.496 e. The molecule has 1 aliphatic heterocycles. The third-order valence-corrected chi connectivity index (χ3v) is 5.04. The van der Waals surface area contributed by atoms with Gasteiger partial charge in [0.15, 0.2) is 0 Å². The van der Waals surface area contributed by atoms with E-state index in [1.807, 2.05) is 56.3 Å². The van der Waals surface area contributed by atoms with Crippen LogP contribution >= 0.6 is 0 Å². The van der Waals surface area contributed by atoms with Gasteiger partial charge in [0.05, 0.1) is 30.1 Å². The topological polar surface area (TPSA) is 67.6 Å². The lowest BCUT2D eigenvalue weighted by Gasteiger charge is -2.36. The van der Waals surface area contributed by atoms with Gasteiger partial charge in [-0.15, -0.1) is 0 Å². The van der Waals surface area contributed by atoms with Crippen molar-refractivity contribution < 1.29 is 14.1 Å². The summed E-state index contributed by atoms with van der Waals surface area (Å²) in [5.74, 6) is 1.44. The first kappa shape index (κ1) is 17.1. The van der Waals surface area contributed by atoms with Gasteiger partial charge >= 0.3 is 6.03 Å². The number of rotatable bonds is 3. The van der Waals surface area contributed by atoms with E-state index in [0.29, 0.717) is 5.75 Å². The van der Waals surface area contributed by atoms with Crippen LogP contribution in [0.25, 0.3) is 11.1 Å². The van der Waals surface area contributed by atoms with Crippen LogP contribution < -0.4 is 10.1 Å². The van der Waals surface area contributed by atoms with E-state index in [4.69, 9.17) is 9.26 Å². The zero-order valence-corrected chi connectivity index (χ0v) is 15.7. The fourth-order valence-corrected chi connectivity index (χ4v) is 3.80. The molecule has 3 aromatic rings. The smallest absolute Gasteiger partial charge is 0.322 e. The maximum absolute atomic E-state index is 12.5. The number of hydrogen-bond donors (Lipinski definition) is 1. The summed E-state index contributed by atoms with van der Waals surface area (Å²) in [6, 6.07) is 13.4. The third kappa shape index (κ3) is 2.65. The first-order chi connectivity index (χ1) is 13.0. The lowest BCUT2D eigenvalue weighted by molar-refractivity contribution is 0.208. The highest BCUT2D eigenvalue weighted by Gasteiger charge is 2.35. The van der Waals surface area contributed by atoms with Crippen molar-refractivity contribution in [1.29, 1.82) is 0 Å². The van der Waals surface area contributed by atoms with Gasteiger partial charge in [0.25, 0.3) is 0 Å². The van der Waals surface area contributed by atoms with E-state index >= 15 is 0 Å². The van der Waals surface area contributed by atoms with Gasteiger partial charge in [0.2, 0.25) is 0 Å². The highest BCUT2D eigenvalue weighted by Crippen LogP contribution is 2.47. The van der Waals surface area contributed by atoms with Crippen molar-refractivity contribution in [2.45, 2.75) is 19.9 Å². The fraction of sp³-hybridized carbons (Fsp3) is 0.238. The predicted octanol–water partition coefficient (Wildman–Crippen LogP) is 4.53. The van der Waals surface area contributed by atoms with Crippen LogP contribution in [0.4, 0.5) is 10.5 Å². The molecule has 27 heavy (non-hydrogen) atoms. The monoisotopic (exact) mass is 363 g/mol. The number of hydrogen-bond acceptors (Lipinski definition) is 4. The molecule has 2 aromatic carbocycles. The van der Waals surface area contributed by atoms with E-state index in [-0.39, 0.29) is 12.1 Å². The minimum absolute atomic E-state index is 0.150. The molecule has 1 atom stereocenters. The van der Waals surface area contributed by atoms with Crippen molar-refractivity contribution in [1.82, 2.24) is 10.1 Å². The molecule has 0 saturated heterocycles. The summed E-state index contributed by atoms with van der Waals surface area (Å²) >= 11 is 0. The van der Waals surface area contributed by atoms with Gasteiger partial charge in [-0.05, 0) is 31.5 Å². The maximum Gasteiger partial charge on any atom is 0.322 e. The third-order valence-electron chi connectivity index (χ3n) is 5.04. The van der Waals surface area contributed by atoms with Gasteiger partial charge in [-0.2, -0.15) is 0 Å². The molecule has 0 bridgehead atoms. The Morgan fingerprint density at radius 2 is 1.89 bits per heavy atom. The average Bonchev–Trinajstić information content (AvgIpc) is 3.01. The molecule has 1 unspecified atom stereocenters. The number of anilines is 1. The number of fused-ring (bicyclic) bond motifs is 1. The number of ether oxygens (including phenoxy) is 1. The van der Waals surface area contributed by atoms with Gasteiger partial charge in [-0.3, -0.25) is 0 Å². The van der Waals surface area contributed by atoms with Crippen molar-refractivity contribution in [3.8, 4) is 16.9 Å². The number of aryl methyl sites for hydroxylation is 2. The lowest BCUT2D eigenvalue weighted by atomic mass is 9.89. The van der Waals surface area contributed by atoms with Crippen LogP contribution in [0, 0.1) is 13.8 Å². The Hall–Kier alpha value is -3.28. The number of methoxy groups -OCH3 is 1. The van der Waals surface area contributed by atoms with Gasteiger partial charge in [0.1, 0.15) is 11.5 Å². The zero-order chi connectivity index (χ0) is 19.1.